The first kappa shape index (κ1) is 13.6. The van der Waals surface area contributed by atoms with Crippen molar-refractivity contribution < 1.29 is 13.2 Å². The Hall–Kier alpha value is -0.420. The number of sulfonamides is 1. The predicted octanol–water partition coefficient (Wildman–Crippen LogP) is 0.883. The lowest BCUT2D eigenvalue weighted by atomic mass is 10.1. The average molecular weight is 221 g/mol. The zero-order valence-electron chi connectivity index (χ0n) is 9.28. The molecule has 0 aliphatic rings. The first-order valence-electron chi connectivity index (χ1n) is 4.68. The number of ketones is 1. The molecule has 0 saturated heterocycles. The lowest BCUT2D eigenvalue weighted by Gasteiger charge is -2.19. The van der Waals surface area contributed by atoms with Gasteiger partial charge in [0.05, 0.1) is 12.8 Å². The van der Waals surface area contributed by atoms with Gasteiger partial charge in [0.15, 0.2) is 0 Å². The van der Waals surface area contributed by atoms with Crippen LogP contribution in [-0.4, -0.2) is 37.9 Å². The molecular weight excluding hydrogens is 202 g/mol. The van der Waals surface area contributed by atoms with Gasteiger partial charge >= 0.3 is 0 Å². The third-order valence-corrected chi connectivity index (χ3v) is 3.07. The minimum Gasteiger partial charge on any atom is -0.299 e. The molecule has 0 bridgehead atoms. The molecule has 0 radical (unpaired) electrons. The van der Waals surface area contributed by atoms with Gasteiger partial charge in [-0.1, -0.05) is 13.8 Å². The van der Waals surface area contributed by atoms with Crippen molar-refractivity contribution in [2.45, 2.75) is 27.2 Å². The van der Waals surface area contributed by atoms with Gasteiger partial charge in [-0.05, 0) is 19.3 Å². The zero-order chi connectivity index (χ0) is 11.4. The van der Waals surface area contributed by atoms with Crippen molar-refractivity contribution >= 4 is 15.8 Å². The number of rotatable bonds is 6. The third-order valence-electron chi connectivity index (χ3n) is 1.82. The average Bonchev–Trinajstić information content (AvgIpc) is 1.94. The molecule has 4 nitrogen and oxygen atoms in total. The maximum absolute atomic E-state index is 11.3. The minimum absolute atomic E-state index is 0.00838. The fourth-order valence-corrected chi connectivity index (χ4v) is 1.87. The van der Waals surface area contributed by atoms with E-state index in [0.29, 0.717) is 12.5 Å². The van der Waals surface area contributed by atoms with Crippen LogP contribution in [0.4, 0.5) is 0 Å². The number of hydrogen-bond acceptors (Lipinski definition) is 3. The van der Waals surface area contributed by atoms with Gasteiger partial charge < -0.3 is 0 Å². The van der Waals surface area contributed by atoms with Crippen LogP contribution in [-0.2, 0) is 14.8 Å². The molecule has 0 spiro atoms. The largest absolute Gasteiger partial charge is 0.299 e. The smallest absolute Gasteiger partial charge is 0.211 e. The van der Waals surface area contributed by atoms with Crippen molar-refractivity contribution in [3.05, 3.63) is 0 Å². The first-order chi connectivity index (χ1) is 6.23. The standard InChI is InChI=1S/C9H19NO3S/c1-8(2)5-6-10(7-9(3)11)14(4,12)13/h8H,5-7H2,1-4H3. The van der Waals surface area contributed by atoms with Crippen LogP contribution in [0, 0.1) is 5.92 Å². The molecular formula is C9H19NO3S. The molecule has 0 heterocycles. The van der Waals surface area contributed by atoms with Crippen molar-refractivity contribution in [2.24, 2.45) is 5.92 Å². The SMILES string of the molecule is CC(=O)CN(CCC(C)C)S(C)(=O)=O. The first-order valence-corrected chi connectivity index (χ1v) is 6.53. The van der Waals surface area contributed by atoms with Crippen LogP contribution in [0.5, 0.6) is 0 Å². The number of nitrogens with zero attached hydrogens (tertiary/aromatic N) is 1. The van der Waals surface area contributed by atoms with E-state index in [2.05, 4.69) is 0 Å². The normalized spacial score (nSPS) is 12.4. The Balaban J connectivity index is 4.35. The van der Waals surface area contributed by atoms with Crippen LogP contribution >= 0.6 is 0 Å². The zero-order valence-corrected chi connectivity index (χ0v) is 10.1. The van der Waals surface area contributed by atoms with E-state index < -0.39 is 10.0 Å². The van der Waals surface area contributed by atoms with E-state index in [1.54, 1.807) is 0 Å². The Bertz CT molecular complexity index is 282. The highest BCUT2D eigenvalue weighted by molar-refractivity contribution is 7.88. The third kappa shape index (κ3) is 6.10. The maximum Gasteiger partial charge on any atom is 0.211 e. The second-order valence-electron chi connectivity index (χ2n) is 3.98. The van der Waals surface area contributed by atoms with Gasteiger partial charge in [-0.25, -0.2) is 8.42 Å². The van der Waals surface area contributed by atoms with E-state index in [-0.39, 0.29) is 12.3 Å². The van der Waals surface area contributed by atoms with E-state index in [1.165, 1.54) is 11.2 Å². The second kappa shape index (κ2) is 5.46. The van der Waals surface area contributed by atoms with E-state index in [1.807, 2.05) is 13.8 Å². The van der Waals surface area contributed by atoms with Gasteiger partial charge in [-0.3, -0.25) is 4.79 Å². The Morgan fingerprint density at radius 3 is 2.14 bits per heavy atom. The minimum atomic E-state index is -3.24. The van der Waals surface area contributed by atoms with Crippen molar-refractivity contribution in [1.29, 1.82) is 0 Å². The van der Waals surface area contributed by atoms with Crippen molar-refractivity contribution in [2.75, 3.05) is 19.3 Å². The monoisotopic (exact) mass is 221 g/mol. The summed E-state index contributed by atoms with van der Waals surface area (Å²) in [7, 11) is -3.24. The van der Waals surface area contributed by atoms with Crippen molar-refractivity contribution in [1.82, 2.24) is 4.31 Å². The molecule has 0 amide bonds. The summed E-state index contributed by atoms with van der Waals surface area (Å²) in [6, 6.07) is 0. The molecule has 0 N–H and O–H groups in total. The number of Topliss-reactive ketones (excluding diaryl/α,β-unsaturated/α-hetero) is 1. The highest BCUT2D eigenvalue weighted by Gasteiger charge is 2.17. The van der Waals surface area contributed by atoms with Crippen molar-refractivity contribution in [3.8, 4) is 0 Å². The van der Waals surface area contributed by atoms with Crippen molar-refractivity contribution in [3.63, 3.8) is 0 Å². The Morgan fingerprint density at radius 2 is 1.86 bits per heavy atom. The molecule has 0 unspecified atom stereocenters. The van der Waals surface area contributed by atoms with E-state index in [0.717, 1.165) is 12.7 Å². The summed E-state index contributed by atoms with van der Waals surface area (Å²) in [4.78, 5) is 10.8. The van der Waals surface area contributed by atoms with E-state index >= 15 is 0 Å². The summed E-state index contributed by atoms with van der Waals surface area (Å²) in [5, 5.41) is 0. The second-order valence-corrected chi connectivity index (χ2v) is 5.96. The molecule has 0 aromatic carbocycles. The lowest BCUT2D eigenvalue weighted by Crippen LogP contribution is -2.35. The quantitative estimate of drug-likeness (QED) is 0.669. The van der Waals surface area contributed by atoms with Crippen LogP contribution in [0.1, 0.15) is 27.2 Å². The maximum atomic E-state index is 11.3. The van der Waals surface area contributed by atoms with Gasteiger partial charge in [0.1, 0.15) is 5.78 Å². The van der Waals surface area contributed by atoms with Crippen LogP contribution in [0.15, 0.2) is 0 Å². The van der Waals surface area contributed by atoms with Crippen LogP contribution < -0.4 is 0 Å². The predicted molar refractivity (Wildman–Crippen MR) is 56.6 cm³/mol. The summed E-state index contributed by atoms with van der Waals surface area (Å²) in [5.74, 6) is 0.311. The topological polar surface area (TPSA) is 54.5 Å². The van der Waals surface area contributed by atoms with Crippen LogP contribution in [0.3, 0.4) is 0 Å². The van der Waals surface area contributed by atoms with Gasteiger partial charge in [0.25, 0.3) is 0 Å². The molecule has 0 rings (SSSR count). The Kier molecular flexibility index (Phi) is 5.29. The van der Waals surface area contributed by atoms with Gasteiger partial charge in [0.2, 0.25) is 10.0 Å². The van der Waals surface area contributed by atoms with E-state index in [9.17, 15) is 13.2 Å². The fourth-order valence-electron chi connectivity index (χ4n) is 1.01. The molecule has 0 atom stereocenters. The van der Waals surface area contributed by atoms with E-state index in [4.69, 9.17) is 0 Å². The molecule has 0 aromatic rings. The molecule has 0 aliphatic heterocycles. The lowest BCUT2D eigenvalue weighted by molar-refractivity contribution is -0.117. The highest BCUT2D eigenvalue weighted by atomic mass is 32.2. The number of carbonyl (C=O) groups is 1. The fraction of sp³-hybridized carbons (Fsp3) is 0.889. The van der Waals surface area contributed by atoms with Gasteiger partial charge in [0, 0.05) is 6.54 Å². The summed E-state index contributed by atoms with van der Waals surface area (Å²) in [6.07, 6.45) is 1.91. The molecule has 0 fully saturated rings. The van der Waals surface area contributed by atoms with Crippen LogP contribution in [0.2, 0.25) is 0 Å². The molecule has 0 aliphatic carbocycles. The summed E-state index contributed by atoms with van der Waals surface area (Å²) in [6.45, 7) is 5.86. The molecule has 84 valence electrons. The Labute approximate surface area is 86.3 Å². The molecule has 0 saturated carbocycles. The molecule has 0 aromatic heterocycles. The van der Waals surface area contributed by atoms with Crippen LogP contribution in [0.25, 0.3) is 0 Å². The molecule has 14 heavy (non-hydrogen) atoms. The van der Waals surface area contributed by atoms with Gasteiger partial charge in [-0.2, -0.15) is 4.31 Å². The summed E-state index contributed by atoms with van der Waals surface area (Å²) in [5.41, 5.74) is 0. The summed E-state index contributed by atoms with van der Waals surface area (Å²) >= 11 is 0. The number of hydrogen-bond donors (Lipinski definition) is 0. The Morgan fingerprint density at radius 1 is 1.36 bits per heavy atom. The van der Waals surface area contributed by atoms with Gasteiger partial charge in [-0.15, -0.1) is 0 Å². The number of carbonyl (C=O) groups excluding carboxylic acids is 1. The molecule has 5 heteroatoms. The summed E-state index contributed by atoms with van der Waals surface area (Å²) < 4.78 is 23.7. The highest BCUT2D eigenvalue weighted by Crippen LogP contribution is 2.05.